The molecule has 0 radical (unpaired) electrons. The molecule has 20 heavy (non-hydrogen) atoms. The molecule has 2 rings (SSSR count). The first-order valence-electron chi connectivity index (χ1n) is 6.91. The number of pyridine rings is 1. The Morgan fingerprint density at radius 2 is 2.15 bits per heavy atom. The van der Waals surface area contributed by atoms with Gasteiger partial charge in [-0.1, -0.05) is 20.8 Å². The van der Waals surface area contributed by atoms with Gasteiger partial charge in [-0.2, -0.15) is 4.31 Å². The van der Waals surface area contributed by atoms with Gasteiger partial charge in [0.1, 0.15) is 4.90 Å². The fourth-order valence-electron chi connectivity index (χ4n) is 2.60. The molecule has 0 aliphatic carbocycles. The molecule has 6 heteroatoms. The van der Waals surface area contributed by atoms with E-state index in [1.165, 1.54) is 0 Å². The predicted molar refractivity (Wildman–Crippen MR) is 78.4 cm³/mol. The van der Waals surface area contributed by atoms with Crippen LogP contribution < -0.4 is 5.73 Å². The SMILES string of the molecule is CC(C)(C)C1CCN(S(=O)(=O)c2cccnc2CN)C1. The molecular formula is C14H23N3O2S. The lowest BCUT2D eigenvalue weighted by molar-refractivity contribution is 0.252. The van der Waals surface area contributed by atoms with E-state index >= 15 is 0 Å². The largest absolute Gasteiger partial charge is 0.325 e. The summed E-state index contributed by atoms with van der Waals surface area (Å²) in [6.07, 6.45) is 2.48. The van der Waals surface area contributed by atoms with Crippen LogP contribution >= 0.6 is 0 Å². The van der Waals surface area contributed by atoms with Crippen LogP contribution in [0.2, 0.25) is 0 Å². The van der Waals surface area contributed by atoms with Crippen LogP contribution in [0.3, 0.4) is 0 Å². The Balaban J connectivity index is 2.29. The molecule has 1 fully saturated rings. The topological polar surface area (TPSA) is 76.3 Å². The molecule has 0 saturated carbocycles. The van der Waals surface area contributed by atoms with Crippen LogP contribution in [-0.2, 0) is 16.6 Å². The van der Waals surface area contributed by atoms with E-state index in [0.717, 1.165) is 6.42 Å². The van der Waals surface area contributed by atoms with Crippen LogP contribution in [0.25, 0.3) is 0 Å². The molecule has 1 atom stereocenters. The van der Waals surface area contributed by atoms with Gasteiger partial charge in [-0.15, -0.1) is 0 Å². The Morgan fingerprint density at radius 1 is 1.45 bits per heavy atom. The number of hydrogen-bond donors (Lipinski definition) is 1. The van der Waals surface area contributed by atoms with Crippen molar-refractivity contribution >= 4 is 10.0 Å². The molecule has 0 spiro atoms. The van der Waals surface area contributed by atoms with Crippen LogP contribution in [-0.4, -0.2) is 30.8 Å². The molecule has 0 bridgehead atoms. The molecule has 0 amide bonds. The van der Waals surface area contributed by atoms with Gasteiger partial charge in [0.05, 0.1) is 5.69 Å². The first kappa shape index (κ1) is 15.4. The standard InChI is InChI=1S/C14H23N3O2S/c1-14(2,3)11-6-8-17(10-11)20(18,19)13-5-4-7-16-12(13)9-15/h4-5,7,11H,6,8-10,15H2,1-3H3. The summed E-state index contributed by atoms with van der Waals surface area (Å²) >= 11 is 0. The minimum Gasteiger partial charge on any atom is -0.325 e. The molecule has 5 nitrogen and oxygen atoms in total. The predicted octanol–water partition coefficient (Wildman–Crippen LogP) is 1.60. The number of nitrogens with zero attached hydrogens (tertiary/aromatic N) is 2. The van der Waals surface area contributed by atoms with Gasteiger partial charge in [0.2, 0.25) is 10.0 Å². The summed E-state index contributed by atoms with van der Waals surface area (Å²) in [6, 6.07) is 3.23. The van der Waals surface area contributed by atoms with Crippen molar-refractivity contribution in [3.05, 3.63) is 24.0 Å². The van der Waals surface area contributed by atoms with Crippen molar-refractivity contribution in [2.24, 2.45) is 17.1 Å². The molecule has 1 unspecified atom stereocenters. The molecule has 112 valence electrons. The second-order valence-corrected chi connectivity index (χ2v) is 8.27. The highest BCUT2D eigenvalue weighted by atomic mass is 32.2. The minimum absolute atomic E-state index is 0.121. The lowest BCUT2D eigenvalue weighted by atomic mass is 9.80. The number of rotatable bonds is 3. The highest BCUT2D eigenvalue weighted by Gasteiger charge is 2.38. The van der Waals surface area contributed by atoms with Crippen LogP contribution in [0.15, 0.2) is 23.2 Å². The van der Waals surface area contributed by atoms with Crippen molar-refractivity contribution < 1.29 is 8.42 Å². The minimum atomic E-state index is -3.48. The van der Waals surface area contributed by atoms with Crippen LogP contribution in [0.4, 0.5) is 0 Å². The molecule has 2 N–H and O–H groups in total. The maximum atomic E-state index is 12.7. The van der Waals surface area contributed by atoms with Crippen LogP contribution in [0, 0.1) is 11.3 Å². The van der Waals surface area contributed by atoms with E-state index in [1.54, 1.807) is 22.6 Å². The Bertz CT molecular complexity index is 578. The van der Waals surface area contributed by atoms with Gasteiger partial charge in [0.25, 0.3) is 0 Å². The first-order chi connectivity index (χ1) is 9.26. The van der Waals surface area contributed by atoms with E-state index in [-0.39, 0.29) is 16.9 Å². The third kappa shape index (κ3) is 2.87. The zero-order valence-electron chi connectivity index (χ0n) is 12.3. The lowest BCUT2D eigenvalue weighted by Crippen LogP contribution is -2.32. The number of nitrogens with two attached hydrogens (primary N) is 1. The van der Waals surface area contributed by atoms with E-state index in [2.05, 4.69) is 25.8 Å². The Labute approximate surface area is 121 Å². The molecule has 0 aromatic carbocycles. The summed E-state index contributed by atoms with van der Waals surface area (Å²) in [5.74, 6) is 0.385. The van der Waals surface area contributed by atoms with E-state index in [0.29, 0.717) is 24.7 Å². The van der Waals surface area contributed by atoms with Gasteiger partial charge < -0.3 is 5.73 Å². The zero-order chi connectivity index (χ0) is 15.0. The maximum absolute atomic E-state index is 12.7. The van der Waals surface area contributed by atoms with Crippen LogP contribution in [0.1, 0.15) is 32.9 Å². The summed E-state index contributed by atoms with van der Waals surface area (Å²) in [5.41, 5.74) is 6.15. The van der Waals surface area contributed by atoms with Crippen molar-refractivity contribution in [3.8, 4) is 0 Å². The van der Waals surface area contributed by atoms with Crippen molar-refractivity contribution in [2.45, 2.75) is 38.6 Å². The summed E-state index contributed by atoms with van der Waals surface area (Å²) in [6.45, 7) is 7.75. The maximum Gasteiger partial charge on any atom is 0.244 e. The first-order valence-corrected chi connectivity index (χ1v) is 8.35. The molecule has 1 aliphatic heterocycles. The number of aromatic nitrogens is 1. The van der Waals surface area contributed by atoms with Gasteiger partial charge in [0, 0.05) is 25.8 Å². The zero-order valence-corrected chi connectivity index (χ0v) is 13.2. The second-order valence-electron chi connectivity index (χ2n) is 6.37. The average Bonchev–Trinajstić information content (AvgIpc) is 2.88. The van der Waals surface area contributed by atoms with Gasteiger partial charge in [-0.3, -0.25) is 4.98 Å². The molecule has 1 aromatic rings. The average molecular weight is 297 g/mol. The smallest absolute Gasteiger partial charge is 0.244 e. The molecule has 1 aromatic heterocycles. The summed E-state index contributed by atoms with van der Waals surface area (Å²) < 4.78 is 27.0. The molecular weight excluding hydrogens is 274 g/mol. The van der Waals surface area contributed by atoms with Crippen LogP contribution in [0.5, 0.6) is 0 Å². The Kier molecular flexibility index (Phi) is 4.18. The molecule has 1 aliphatic rings. The highest BCUT2D eigenvalue weighted by Crippen LogP contribution is 2.36. The third-order valence-corrected chi connectivity index (χ3v) is 5.97. The van der Waals surface area contributed by atoms with Crippen molar-refractivity contribution in [1.29, 1.82) is 0 Å². The van der Waals surface area contributed by atoms with E-state index < -0.39 is 10.0 Å². The summed E-state index contributed by atoms with van der Waals surface area (Å²) in [4.78, 5) is 4.32. The second kappa shape index (κ2) is 5.42. The van der Waals surface area contributed by atoms with Crippen molar-refractivity contribution in [1.82, 2.24) is 9.29 Å². The summed E-state index contributed by atoms with van der Waals surface area (Å²) in [7, 11) is -3.48. The third-order valence-electron chi connectivity index (χ3n) is 4.04. The Morgan fingerprint density at radius 3 is 2.70 bits per heavy atom. The number of hydrogen-bond acceptors (Lipinski definition) is 4. The van der Waals surface area contributed by atoms with Gasteiger partial charge >= 0.3 is 0 Å². The lowest BCUT2D eigenvalue weighted by Gasteiger charge is -2.27. The Hall–Kier alpha value is -0.980. The van der Waals surface area contributed by atoms with E-state index in [4.69, 9.17) is 5.73 Å². The number of sulfonamides is 1. The molecule has 1 saturated heterocycles. The molecule has 2 heterocycles. The monoisotopic (exact) mass is 297 g/mol. The quantitative estimate of drug-likeness (QED) is 0.919. The van der Waals surface area contributed by atoms with Gasteiger partial charge in [0.15, 0.2) is 0 Å². The van der Waals surface area contributed by atoms with Gasteiger partial charge in [-0.25, -0.2) is 8.42 Å². The van der Waals surface area contributed by atoms with Crippen molar-refractivity contribution in [3.63, 3.8) is 0 Å². The summed E-state index contributed by atoms with van der Waals surface area (Å²) in [5, 5.41) is 0. The van der Waals surface area contributed by atoms with E-state index in [1.807, 2.05) is 0 Å². The van der Waals surface area contributed by atoms with Gasteiger partial charge in [-0.05, 0) is 29.9 Å². The van der Waals surface area contributed by atoms with Crippen molar-refractivity contribution in [2.75, 3.05) is 13.1 Å². The fraction of sp³-hybridized carbons (Fsp3) is 0.643. The normalized spacial score (nSPS) is 21.3. The fourth-order valence-corrected chi connectivity index (χ4v) is 4.29. The van der Waals surface area contributed by atoms with E-state index in [9.17, 15) is 8.42 Å². The highest BCUT2D eigenvalue weighted by molar-refractivity contribution is 7.89.